The van der Waals surface area contributed by atoms with Crippen molar-refractivity contribution >= 4 is 29.5 Å². The highest BCUT2D eigenvalue weighted by Gasteiger charge is 2.17. The Balaban J connectivity index is 1.80. The van der Waals surface area contributed by atoms with Crippen molar-refractivity contribution in [2.75, 3.05) is 20.6 Å². The molecule has 0 spiro atoms. The molecule has 3 aromatic rings. The predicted octanol–water partition coefficient (Wildman–Crippen LogP) is 4.67. The third kappa shape index (κ3) is 5.16. The molecule has 0 radical (unpaired) electrons. The van der Waals surface area contributed by atoms with Crippen LogP contribution in [0.1, 0.15) is 17.2 Å². The Hall–Kier alpha value is -2.28. The summed E-state index contributed by atoms with van der Waals surface area (Å²) in [6.45, 7) is 3.00. The number of amides is 1. The highest BCUT2D eigenvalue weighted by Crippen LogP contribution is 2.24. The Kier molecular flexibility index (Phi) is 6.78. The van der Waals surface area contributed by atoms with E-state index >= 15 is 0 Å². The number of carbonyl (C=O) groups excluding carboxylic acids is 1. The number of carbonyl (C=O) groups is 1. The number of aryl methyl sites for hydroxylation is 1. The van der Waals surface area contributed by atoms with Crippen LogP contribution in [0.2, 0.25) is 0 Å². The van der Waals surface area contributed by atoms with Gasteiger partial charge in [0.2, 0.25) is 5.91 Å². The van der Waals surface area contributed by atoms with E-state index in [1.165, 1.54) is 16.9 Å². The van der Waals surface area contributed by atoms with Crippen LogP contribution in [0, 0.1) is 10.9 Å². The maximum Gasteiger partial charge on any atom is 0.240 e. The van der Waals surface area contributed by atoms with Gasteiger partial charge in [0.15, 0.2) is 3.95 Å². The number of rotatable bonds is 7. The van der Waals surface area contributed by atoms with Gasteiger partial charge < -0.3 is 14.8 Å². The summed E-state index contributed by atoms with van der Waals surface area (Å²) in [5.74, 6) is -0.0430. The average Bonchev–Trinajstić information content (AvgIpc) is 3.02. The van der Waals surface area contributed by atoms with E-state index in [4.69, 9.17) is 12.2 Å². The molecular formula is C22H25N3OS2. The quantitative estimate of drug-likeness (QED) is 0.574. The van der Waals surface area contributed by atoms with E-state index in [9.17, 15) is 4.79 Å². The number of hydrogen-bond acceptors (Lipinski definition) is 4. The Morgan fingerprint density at radius 2 is 1.82 bits per heavy atom. The molecule has 1 N–H and O–H groups in total. The minimum atomic E-state index is -0.0701. The highest BCUT2D eigenvalue weighted by molar-refractivity contribution is 7.73. The molecule has 6 heteroatoms. The molecule has 0 aliphatic heterocycles. The zero-order valence-electron chi connectivity index (χ0n) is 16.4. The van der Waals surface area contributed by atoms with Crippen molar-refractivity contribution in [1.29, 1.82) is 0 Å². The topological polar surface area (TPSA) is 37.3 Å². The monoisotopic (exact) mass is 411 g/mol. The predicted molar refractivity (Wildman–Crippen MR) is 119 cm³/mol. The van der Waals surface area contributed by atoms with Gasteiger partial charge in [-0.1, -0.05) is 60.2 Å². The first-order valence-electron chi connectivity index (χ1n) is 9.18. The zero-order valence-corrected chi connectivity index (χ0v) is 18.0. The fraction of sp³-hybridized carbons (Fsp3) is 0.273. The Morgan fingerprint density at radius 1 is 1.14 bits per heavy atom. The van der Waals surface area contributed by atoms with E-state index in [0.717, 1.165) is 23.4 Å². The molecule has 1 amide bonds. The number of aromatic nitrogens is 1. The van der Waals surface area contributed by atoms with E-state index < -0.39 is 0 Å². The summed E-state index contributed by atoms with van der Waals surface area (Å²) >= 11 is 6.97. The third-order valence-electron chi connectivity index (χ3n) is 4.52. The van der Waals surface area contributed by atoms with Crippen LogP contribution in [0.3, 0.4) is 0 Å². The first-order chi connectivity index (χ1) is 13.4. The zero-order chi connectivity index (χ0) is 20.1. The van der Waals surface area contributed by atoms with Crippen LogP contribution in [-0.2, 0) is 11.3 Å². The van der Waals surface area contributed by atoms with Crippen molar-refractivity contribution < 1.29 is 4.79 Å². The first-order valence-corrected chi connectivity index (χ1v) is 10.5. The van der Waals surface area contributed by atoms with Crippen molar-refractivity contribution in [1.82, 2.24) is 14.8 Å². The molecule has 3 rings (SSSR count). The summed E-state index contributed by atoms with van der Waals surface area (Å²) in [4.78, 5) is 14.9. The smallest absolute Gasteiger partial charge is 0.240 e. The number of nitrogens with zero attached hydrogens (tertiary/aromatic N) is 2. The van der Waals surface area contributed by atoms with Crippen molar-refractivity contribution in [3.05, 3.63) is 75.1 Å². The fourth-order valence-corrected chi connectivity index (χ4v) is 4.17. The van der Waals surface area contributed by atoms with Gasteiger partial charge in [-0.15, -0.1) is 11.3 Å². The molecule has 1 heterocycles. The van der Waals surface area contributed by atoms with Crippen molar-refractivity contribution in [3.8, 4) is 11.3 Å². The second-order valence-electron chi connectivity index (χ2n) is 7.13. The number of hydrogen-bond donors (Lipinski definition) is 1. The van der Waals surface area contributed by atoms with Gasteiger partial charge >= 0.3 is 0 Å². The molecule has 0 aliphatic rings. The molecule has 1 aromatic heterocycles. The van der Waals surface area contributed by atoms with Crippen LogP contribution < -0.4 is 5.32 Å². The van der Waals surface area contributed by atoms with E-state index in [2.05, 4.69) is 41.4 Å². The molecule has 0 bridgehead atoms. The normalized spacial score (nSPS) is 12.1. The molecule has 0 fully saturated rings. The fourth-order valence-electron chi connectivity index (χ4n) is 3.10. The van der Waals surface area contributed by atoms with Gasteiger partial charge in [0.25, 0.3) is 0 Å². The van der Waals surface area contributed by atoms with Crippen LogP contribution in [-0.4, -0.2) is 36.0 Å². The van der Waals surface area contributed by atoms with Gasteiger partial charge in [0.05, 0.1) is 11.7 Å². The molecular weight excluding hydrogens is 386 g/mol. The molecule has 28 heavy (non-hydrogen) atoms. The van der Waals surface area contributed by atoms with Crippen molar-refractivity contribution in [3.63, 3.8) is 0 Å². The van der Waals surface area contributed by atoms with Gasteiger partial charge in [0, 0.05) is 11.9 Å². The van der Waals surface area contributed by atoms with Crippen LogP contribution >= 0.6 is 23.6 Å². The average molecular weight is 412 g/mol. The SMILES string of the molecule is Cc1ccc(-c2csc(=S)n2CC(=O)N[C@@H](CN(C)C)c2ccccc2)cc1. The lowest BCUT2D eigenvalue weighted by Gasteiger charge is -2.23. The third-order valence-corrected chi connectivity index (χ3v) is 5.79. The molecule has 0 unspecified atom stereocenters. The summed E-state index contributed by atoms with van der Waals surface area (Å²) in [6.07, 6.45) is 0. The Labute approximate surface area is 175 Å². The van der Waals surface area contributed by atoms with E-state index in [1.807, 2.05) is 54.4 Å². The number of benzene rings is 2. The molecule has 0 aliphatic carbocycles. The number of likely N-dealkylation sites (N-methyl/N-ethyl adjacent to an activating group) is 1. The van der Waals surface area contributed by atoms with Gasteiger partial charge in [-0.3, -0.25) is 4.79 Å². The Bertz CT molecular complexity index is 975. The molecule has 2 aromatic carbocycles. The number of nitrogens with one attached hydrogen (secondary N) is 1. The van der Waals surface area contributed by atoms with Crippen LogP contribution in [0.25, 0.3) is 11.3 Å². The summed E-state index contributed by atoms with van der Waals surface area (Å²) in [5.41, 5.74) is 4.35. The second-order valence-corrected chi connectivity index (χ2v) is 8.64. The second kappa shape index (κ2) is 9.28. The minimum absolute atomic E-state index is 0.0430. The maximum absolute atomic E-state index is 12.9. The molecule has 4 nitrogen and oxygen atoms in total. The van der Waals surface area contributed by atoms with Gasteiger partial charge in [0.1, 0.15) is 6.54 Å². The summed E-state index contributed by atoms with van der Waals surface area (Å²) in [7, 11) is 4.01. The lowest BCUT2D eigenvalue weighted by molar-refractivity contribution is -0.122. The largest absolute Gasteiger partial charge is 0.346 e. The molecule has 146 valence electrons. The minimum Gasteiger partial charge on any atom is -0.346 e. The summed E-state index contributed by atoms with van der Waals surface area (Å²) in [5, 5.41) is 5.20. The molecule has 0 saturated carbocycles. The molecule has 0 saturated heterocycles. The van der Waals surface area contributed by atoms with Gasteiger partial charge in [-0.25, -0.2) is 0 Å². The van der Waals surface area contributed by atoms with Crippen molar-refractivity contribution in [2.24, 2.45) is 0 Å². The van der Waals surface area contributed by atoms with E-state index in [0.29, 0.717) is 3.95 Å². The Morgan fingerprint density at radius 3 is 2.46 bits per heavy atom. The molecule has 1 atom stereocenters. The van der Waals surface area contributed by atoms with Crippen LogP contribution in [0.15, 0.2) is 60.0 Å². The van der Waals surface area contributed by atoms with Crippen LogP contribution in [0.5, 0.6) is 0 Å². The summed E-state index contributed by atoms with van der Waals surface area (Å²) < 4.78 is 2.62. The standard InChI is InChI=1S/C22H25N3OS2/c1-16-9-11-18(12-10-16)20-15-28-22(27)25(20)14-21(26)23-19(13-24(2)3)17-7-5-4-6-8-17/h4-12,15,19H,13-14H2,1-3H3,(H,23,26)/t19-/m0/s1. The first kappa shape index (κ1) is 20.5. The van der Waals surface area contributed by atoms with Crippen LogP contribution in [0.4, 0.5) is 0 Å². The highest BCUT2D eigenvalue weighted by atomic mass is 32.1. The van der Waals surface area contributed by atoms with Gasteiger partial charge in [-0.2, -0.15) is 0 Å². The van der Waals surface area contributed by atoms with Gasteiger partial charge in [-0.05, 0) is 44.4 Å². The number of thiazole rings is 1. The van der Waals surface area contributed by atoms with E-state index in [-0.39, 0.29) is 18.5 Å². The van der Waals surface area contributed by atoms with E-state index in [1.54, 1.807) is 0 Å². The van der Waals surface area contributed by atoms with Crippen molar-refractivity contribution in [2.45, 2.75) is 19.5 Å². The lowest BCUT2D eigenvalue weighted by Crippen LogP contribution is -2.37. The lowest BCUT2D eigenvalue weighted by atomic mass is 10.1. The summed E-state index contributed by atoms with van der Waals surface area (Å²) in [6, 6.07) is 18.3. The maximum atomic E-state index is 12.9.